The first-order chi connectivity index (χ1) is 16.0. The molecule has 182 valence electrons. The average molecular weight is 479 g/mol. The van der Waals surface area contributed by atoms with E-state index in [0.717, 1.165) is 17.5 Å². The SMILES string of the molecule is COC(=O)c1ccc([C@@H](O[Si](C)(C)C(C)(C)C)[C@H]2C=C[C@H]([C@H](O)/C=C/c3ccccc3)C2)cc1. The number of aliphatic hydroxyl groups excluding tert-OH is 1. The minimum absolute atomic E-state index is 0.0322. The van der Waals surface area contributed by atoms with Gasteiger partial charge in [-0.3, -0.25) is 0 Å². The zero-order valence-electron chi connectivity index (χ0n) is 21.2. The van der Waals surface area contributed by atoms with Crippen molar-refractivity contribution in [2.45, 2.75) is 57.5 Å². The molecule has 0 aliphatic heterocycles. The smallest absolute Gasteiger partial charge is 0.337 e. The van der Waals surface area contributed by atoms with Crippen molar-refractivity contribution in [2.24, 2.45) is 11.8 Å². The van der Waals surface area contributed by atoms with Crippen LogP contribution in [0.15, 0.2) is 72.8 Å². The monoisotopic (exact) mass is 478 g/mol. The number of rotatable bonds is 8. The molecule has 0 radical (unpaired) electrons. The number of carbonyl (C=O) groups excluding carboxylic acids is 1. The van der Waals surface area contributed by atoms with Crippen LogP contribution in [0.1, 0.15) is 54.8 Å². The Labute approximate surface area is 205 Å². The molecule has 0 unspecified atom stereocenters. The van der Waals surface area contributed by atoms with Gasteiger partial charge in [-0.25, -0.2) is 4.79 Å². The van der Waals surface area contributed by atoms with Gasteiger partial charge in [0.1, 0.15) is 0 Å². The lowest BCUT2D eigenvalue weighted by Crippen LogP contribution is -2.43. The molecule has 0 spiro atoms. The Hall–Kier alpha value is -2.47. The molecular weight excluding hydrogens is 440 g/mol. The van der Waals surface area contributed by atoms with Gasteiger partial charge in [0.2, 0.25) is 0 Å². The predicted octanol–water partition coefficient (Wildman–Crippen LogP) is 6.80. The zero-order valence-corrected chi connectivity index (χ0v) is 22.2. The van der Waals surface area contributed by atoms with Crippen molar-refractivity contribution < 1.29 is 19.1 Å². The second-order valence-electron chi connectivity index (χ2n) is 10.6. The Morgan fingerprint density at radius 1 is 1.03 bits per heavy atom. The van der Waals surface area contributed by atoms with E-state index in [1.807, 2.05) is 54.6 Å². The van der Waals surface area contributed by atoms with Gasteiger partial charge in [-0.05, 0) is 47.8 Å². The molecule has 0 saturated carbocycles. The molecule has 1 aliphatic rings. The summed E-state index contributed by atoms with van der Waals surface area (Å²) in [6, 6.07) is 17.6. The summed E-state index contributed by atoms with van der Waals surface area (Å²) < 4.78 is 11.8. The van der Waals surface area contributed by atoms with Crippen LogP contribution in [0.25, 0.3) is 6.08 Å². The van der Waals surface area contributed by atoms with Gasteiger partial charge in [-0.1, -0.05) is 87.5 Å². The van der Waals surface area contributed by atoms with Crippen molar-refractivity contribution in [1.29, 1.82) is 0 Å². The Kier molecular flexibility index (Phi) is 8.34. The largest absolute Gasteiger partial charge is 0.465 e. The first-order valence-corrected chi connectivity index (χ1v) is 14.9. The van der Waals surface area contributed by atoms with Gasteiger partial charge >= 0.3 is 5.97 Å². The fourth-order valence-electron chi connectivity index (χ4n) is 3.97. The number of aliphatic hydroxyl groups is 1. The predicted molar refractivity (Wildman–Crippen MR) is 141 cm³/mol. The van der Waals surface area contributed by atoms with E-state index < -0.39 is 14.4 Å². The van der Waals surface area contributed by atoms with Crippen LogP contribution in [0, 0.1) is 11.8 Å². The van der Waals surface area contributed by atoms with Crippen molar-refractivity contribution in [3.05, 3.63) is 89.5 Å². The van der Waals surface area contributed by atoms with Gasteiger partial charge in [0.05, 0.1) is 24.9 Å². The maximum atomic E-state index is 11.9. The summed E-state index contributed by atoms with van der Waals surface area (Å²) in [6.45, 7) is 11.2. The number of hydrogen-bond donors (Lipinski definition) is 1. The molecule has 0 saturated heterocycles. The fraction of sp³-hybridized carbons (Fsp3) is 0.414. The van der Waals surface area contributed by atoms with Gasteiger partial charge in [0.25, 0.3) is 0 Å². The summed E-state index contributed by atoms with van der Waals surface area (Å²) in [4.78, 5) is 11.9. The highest BCUT2D eigenvalue weighted by Crippen LogP contribution is 2.45. The van der Waals surface area contributed by atoms with Gasteiger partial charge in [-0.15, -0.1) is 0 Å². The summed E-state index contributed by atoms with van der Waals surface area (Å²) in [6.07, 6.45) is 8.27. The molecule has 1 aliphatic carbocycles. The van der Waals surface area contributed by atoms with Crippen LogP contribution in [0.4, 0.5) is 0 Å². The van der Waals surface area contributed by atoms with Crippen LogP contribution in [0.5, 0.6) is 0 Å². The van der Waals surface area contributed by atoms with Crippen LogP contribution in [0.3, 0.4) is 0 Å². The summed E-state index contributed by atoms with van der Waals surface area (Å²) in [7, 11) is -0.682. The lowest BCUT2D eigenvalue weighted by molar-refractivity contribution is 0.0600. The summed E-state index contributed by atoms with van der Waals surface area (Å²) in [5, 5.41) is 10.9. The Morgan fingerprint density at radius 3 is 2.24 bits per heavy atom. The fourth-order valence-corrected chi connectivity index (χ4v) is 5.27. The van der Waals surface area contributed by atoms with E-state index in [4.69, 9.17) is 9.16 Å². The van der Waals surface area contributed by atoms with E-state index in [1.165, 1.54) is 7.11 Å². The topological polar surface area (TPSA) is 55.8 Å². The minimum atomic E-state index is -2.07. The van der Waals surface area contributed by atoms with E-state index >= 15 is 0 Å². The molecule has 34 heavy (non-hydrogen) atoms. The molecule has 1 N–H and O–H groups in total. The first kappa shape index (κ1) is 26.1. The molecule has 3 rings (SSSR count). The van der Waals surface area contributed by atoms with E-state index in [0.29, 0.717) is 5.56 Å². The Morgan fingerprint density at radius 2 is 1.65 bits per heavy atom. The number of carbonyl (C=O) groups is 1. The average Bonchev–Trinajstić information content (AvgIpc) is 3.31. The van der Waals surface area contributed by atoms with Gasteiger partial charge < -0.3 is 14.3 Å². The molecule has 0 bridgehead atoms. The lowest BCUT2D eigenvalue weighted by atomic mass is 9.90. The highest BCUT2D eigenvalue weighted by molar-refractivity contribution is 6.74. The Balaban J connectivity index is 1.80. The molecule has 2 aromatic rings. The normalized spacial score (nSPS) is 20.4. The van der Waals surface area contributed by atoms with E-state index in [2.05, 4.69) is 46.0 Å². The van der Waals surface area contributed by atoms with Crippen LogP contribution >= 0.6 is 0 Å². The number of esters is 1. The van der Waals surface area contributed by atoms with Gasteiger partial charge in [0, 0.05) is 11.8 Å². The Bertz CT molecular complexity index is 1000. The maximum absolute atomic E-state index is 11.9. The molecular formula is C29H38O4Si. The number of hydrogen-bond acceptors (Lipinski definition) is 4. The minimum Gasteiger partial charge on any atom is -0.465 e. The summed E-state index contributed by atoms with van der Waals surface area (Å²) in [5.41, 5.74) is 2.64. The molecule has 4 nitrogen and oxygen atoms in total. The maximum Gasteiger partial charge on any atom is 0.337 e. The van der Waals surface area contributed by atoms with E-state index in [9.17, 15) is 9.90 Å². The van der Waals surface area contributed by atoms with Crippen LogP contribution in [-0.4, -0.2) is 32.6 Å². The van der Waals surface area contributed by atoms with E-state index in [1.54, 1.807) is 12.1 Å². The second-order valence-corrected chi connectivity index (χ2v) is 15.4. The van der Waals surface area contributed by atoms with E-state index in [-0.39, 0.29) is 28.9 Å². The standard InChI is InChI=1S/C29H38O4Si/c1-29(2,3)34(5,6)33-27(22-13-15-23(16-14-22)28(31)32-4)25-18-17-24(20-25)26(30)19-12-21-10-8-7-9-11-21/h7-19,24-27,30H,20H2,1-6H3/b19-12+/t24-,25-,26+,27+/m0/s1. The number of benzene rings is 2. The lowest BCUT2D eigenvalue weighted by Gasteiger charge is -2.41. The zero-order chi connectivity index (χ0) is 24.9. The molecule has 0 fully saturated rings. The molecule has 2 aromatic carbocycles. The summed E-state index contributed by atoms with van der Waals surface area (Å²) >= 11 is 0. The second kappa shape index (κ2) is 10.9. The molecule has 0 heterocycles. The molecule has 0 aromatic heterocycles. The van der Waals surface area contributed by atoms with Crippen LogP contribution in [-0.2, 0) is 9.16 Å². The van der Waals surface area contributed by atoms with Crippen molar-refractivity contribution in [1.82, 2.24) is 0 Å². The number of ether oxygens (including phenoxy) is 1. The third kappa shape index (κ3) is 6.35. The van der Waals surface area contributed by atoms with Crippen molar-refractivity contribution >= 4 is 20.4 Å². The highest BCUT2D eigenvalue weighted by atomic mass is 28.4. The highest BCUT2D eigenvalue weighted by Gasteiger charge is 2.42. The number of methoxy groups -OCH3 is 1. The quantitative estimate of drug-likeness (QED) is 0.257. The van der Waals surface area contributed by atoms with Crippen LogP contribution in [0.2, 0.25) is 18.1 Å². The van der Waals surface area contributed by atoms with Gasteiger partial charge in [0.15, 0.2) is 8.32 Å². The third-order valence-corrected chi connectivity index (χ3v) is 11.6. The van der Waals surface area contributed by atoms with Crippen molar-refractivity contribution in [2.75, 3.05) is 7.11 Å². The molecule has 5 heteroatoms. The molecule has 0 amide bonds. The molecule has 4 atom stereocenters. The third-order valence-electron chi connectivity index (χ3n) is 7.15. The van der Waals surface area contributed by atoms with Gasteiger partial charge in [-0.2, -0.15) is 0 Å². The van der Waals surface area contributed by atoms with Crippen LogP contribution < -0.4 is 0 Å². The van der Waals surface area contributed by atoms with Crippen molar-refractivity contribution in [3.8, 4) is 0 Å². The summed E-state index contributed by atoms with van der Waals surface area (Å²) in [5.74, 6) is -0.171. The first-order valence-electron chi connectivity index (χ1n) is 12.0. The van der Waals surface area contributed by atoms with Crippen molar-refractivity contribution in [3.63, 3.8) is 0 Å².